The van der Waals surface area contributed by atoms with Crippen molar-refractivity contribution >= 4 is 20.2 Å². The Morgan fingerprint density at radius 1 is 0.627 bits per heavy atom. The smallest absolute Gasteiger partial charge is 0.748 e. The molecule has 0 bridgehead atoms. The van der Waals surface area contributed by atoms with Gasteiger partial charge in [-0.15, -0.1) is 0 Å². The Morgan fingerprint density at radius 2 is 1.04 bits per heavy atom. The summed E-state index contributed by atoms with van der Waals surface area (Å²) < 4.78 is 123. The van der Waals surface area contributed by atoms with Crippen LogP contribution in [-0.4, -0.2) is 188 Å². The maximum Gasteiger partial charge on any atom is 1.00 e. The number of rotatable bonds is 19. The predicted molar refractivity (Wildman–Crippen MR) is 160 cm³/mol. The molecule has 10 unspecified atom stereocenters. The van der Waals surface area contributed by atoms with Crippen LogP contribution in [0.1, 0.15) is 0 Å². The van der Waals surface area contributed by atoms with E-state index in [2.05, 4.69) is 0 Å². The van der Waals surface area contributed by atoms with Crippen LogP contribution >= 0.6 is 0 Å². The van der Waals surface area contributed by atoms with Gasteiger partial charge in [0.2, 0.25) is 0 Å². The molecule has 51 heavy (non-hydrogen) atoms. The van der Waals surface area contributed by atoms with Crippen molar-refractivity contribution in [3.8, 4) is 25.1 Å². The Balaban J connectivity index is 0. The van der Waals surface area contributed by atoms with Crippen molar-refractivity contribution in [3.63, 3.8) is 0 Å². The number of ether oxygens (including phenoxy) is 11. The molecule has 2 aliphatic heterocycles. The third-order valence-electron chi connectivity index (χ3n) is 6.88. The van der Waals surface area contributed by atoms with Crippen LogP contribution in [0.3, 0.4) is 0 Å². The first kappa shape index (κ1) is 53.2. The molecule has 3 N–H and O–H groups in total. The standard InChI is InChI=1S/C15H26O10S.C12H20O10S.2Na/c1-6-23-10(7-19-2)8-24-15-14(22-5)13(21-4)12(20-3)11(25-15)9-26(16,17)18;1-3-20-7(4-19-2)5-21-12-11(15)10(14)9(13)8(22-12)6-23(16,17)18;;/h1,10-15H,7-9H2,2-5H3,(H,16,17,18);1,7-15H,4-6H2,2H3,(H,16,17,18);;/q;;2*+1/p-2/t10?,11?,12-,13?,14?,15?;7?,8?,9-,10?,11?,12?;;/m11../s1. The van der Waals surface area contributed by atoms with Crippen molar-refractivity contribution < 1.29 is 152 Å². The van der Waals surface area contributed by atoms with Crippen molar-refractivity contribution in [2.75, 3.05) is 73.5 Å². The molecule has 0 aromatic carbocycles. The molecule has 0 radical (unpaired) electrons. The Hall–Kier alpha value is 0.0600. The van der Waals surface area contributed by atoms with E-state index in [4.69, 9.17) is 65.0 Å². The van der Waals surface area contributed by atoms with Gasteiger partial charge in [-0.1, -0.05) is 12.8 Å². The largest absolute Gasteiger partial charge is 1.00 e. The summed E-state index contributed by atoms with van der Waals surface area (Å²) in [6, 6.07) is 0. The van der Waals surface area contributed by atoms with Crippen molar-refractivity contribution in [1.29, 1.82) is 0 Å². The van der Waals surface area contributed by atoms with E-state index in [1.165, 1.54) is 35.5 Å². The molecule has 2 fully saturated rings. The number of terminal acetylenes is 2. The van der Waals surface area contributed by atoms with E-state index in [9.17, 15) is 41.3 Å². The Morgan fingerprint density at radius 3 is 1.43 bits per heavy atom. The molecule has 2 saturated heterocycles. The fourth-order valence-corrected chi connectivity index (χ4v) is 6.09. The summed E-state index contributed by atoms with van der Waals surface area (Å²) in [7, 11) is -2.25. The maximum atomic E-state index is 11.2. The molecule has 0 aromatic heterocycles. The summed E-state index contributed by atoms with van der Waals surface area (Å²) in [4.78, 5) is 0. The van der Waals surface area contributed by atoms with E-state index in [0.717, 1.165) is 0 Å². The zero-order valence-electron chi connectivity index (χ0n) is 29.4. The molecule has 2 rings (SSSR count). The number of hydrogen-bond acceptors (Lipinski definition) is 20. The quantitative estimate of drug-likeness (QED) is 0.0622. The van der Waals surface area contributed by atoms with E-state index >= 15 is 0 Å². The third-order valence-corrected chi connectivity index (χ3v) is 8.35. The Kier molecular flexibility index (Phi) is 27.9. The van der Waals surface area contributed by atoms with Gasteiger partial charge in [0.15, 0.2) is 24.8 Å². The second-order valence-corrected chi connectivity index (χ2v) is 13.3. The molecule has 12 atom stereocenters. The summed E-state index contributed by atoms with van der Waals surface area (Å²) in [5, 5.41) is 29.2. The topological polar surface area (TPSA) is 277 Å². The first-order valence-corrected chi connectivity index (χ1v) is 17.4. The summed E-state index contributed by atoms with van der Waals surface area (Å²) >= 11 is 0. The Bertz CT molecular complexity index is 1250. The summed E-state index contributed by atoms with van der Waals surface area (Å²) in [6.45, 7) is 0.00478. The zero-order chi connectivity index (χ0) is 37.4. The van der Waals surface area contributed by atoms with E-state index in [0.29, 0.717) is 0 Å². The van der Waals surface area contributed by atoms with E-state index in [1.54, 1.807) is 0 Å². The summed E-state index contributed by atoms with van der Waals surface area (Å²) in [5.74, 6) is -1.88. The van der Waals surface area contributed by atoms with Crippen molar-refractivity contribution in [2.24, 2.45) is 0 Å². The van der Waals surface area contributed by atoms with Crippen LogP contribution in [0.15, 0.2) is 0 Å². The molecule has 0 spiro atoms. The molecule has 286 valence electrons. The van der Waals surface area contributed by atoms with E-state index in [-0.39, 0.29) is 85.5 Å². The molecule has 20 nitrogen and oxygen atoms in total. The van der Waals surface area contributed by atoms with Crippen molar-refractivity contribution in [1.82, 2.24) is 0 Å². The average molecular weight is 799 g/mol. The first-order valence-electron chi connectivity index (χ1n) is 14.2. The SMILES string of the molecule is C#COC(COC)COC1OC(CS(=O)(=O)[O-])[C@@H](O)C(O)C1O.C#COC(COC)COC1OC(CS(=O)(=O)[O-])[C@@H](OC)C(OC)C1OC.[Na+].[Na+]. The minimum Gasteiger partial charge on any atom is -0.748 e. The van der Waals surface area contributed by atoms with Crippen LogP contribution in [0.2, 0.25) is 0 Å². The fraction of sp³-hybridized carbons (Fsp3) is 0.852. The molecule has 0 saturated carbocycles. The zero-order valence-corrected chi connectivity index (χ0v) is 35.1. The first-order chi connectivity index (χ1) is 23.0. The van der Waals surface area contributed by atoms with Gasteiger partial charge in [-0.05, 0) is 0 Å². The molecule has 24 heteroatoms. The molecule has 0 aliphatic carbocycles. The van der Waals surface area contributed by atoms with Gasteiger partial charge in [0, 0.05) is 35.5 Å². The van der Waals surface area contributed by atoms with Crippen LogP contribution in [0, 0.1) is 25.1 Å². The van der Waals surface area contributed by atoms with Gasteiger partial charge in [-0.2, -0.15) is 0 Å². The second-order valence-electron chi connectivity index (χ2n) is 10.4. The van der Waals surface area contributed by atoms with Gasteiger partial charge in [0.25, 0.3) is 0 Å². The second kappa shape index (κ2) is 26.8. The van der Waals surface area contributed by atoms with Gasteiger partial charge < -0.3 is 76.5 Å². The Labute approximate surface area is 342 Å². The normalized spacial score (nSPS) is 30.4. The van der Waals surface area contributed by atoms with Crippen LogP contribution in [0.4, 0.5) is 0 Å². The summed E-state index contributed by atoms with van der Waals surface area (Å²) in [6.07, 6.45) is 0.142. The third kappa shape index (κ3) is 19.0. The van der Waals surface area contributed by atoms with Gasteiger partial charge >= 0.3 is 59.1 Å². The van der Waals surface area contributed by atoms with E-state index < -0.39 is 105 Å². The molecular formula is C27H44Na2O20S2. The van der Waals surface area contributed by atoms with Gasteiger partial charge in [-0.3, -0.25) is 0 Å². The van der Waals surface area contributed by atoms with Crippen LogP contribution in [0.5, 0.6) is 0 Å². The van der Waals surface area contributed by atoms with E-state index in [1.807, 2.05) is 12.2 Å². The molecule has 2 aliphatic rings. The number of hydrogen-bond donors (Lipinski definition) is 3. The molecule has 0 aromatic rings. The molecule has 2 heterocycles. The minimum atomic E-state index is -4.72. The molecule has 0 amide bonds. The maximum absolute atomic E-state index is 11.2. The summed E-state index contributed by atoms with van der Waals surface area (Å²) in [5.41, 5.74) is 0. The number of aliphatic hydroxyl groups excluding tert-OH is 3. The fourth-order valence-electron chi connectivity index (χ4n) is 4.74. The number of aliphatic hydroxyl groups is 3. The van der Waals surface area contributed by atoms with Crippen molar-refractivity contribution in [3.05, 3.63) is 0 Å². The van der Waals surface area contributed by atoms with Crippen molar-refractivity contribution in [2.45, 2.75) is 73.6 Å². The van der Waals surface area contributed by atoms with Gasteiger partial charge in [0.1, 0.15) is 61.0 Å². The average Bonchev–Trinajstić information content (AvgIpc) is 3.02. The van der Waals surface area contributed by atoms with Gasteiger partial charge in [-0.25, -0.2) is 16.8 Å². The van der Waals surface area contributed by atoms with Crippen LogP contribution < -0.4 is 59.1 Å². The number of methoxy groups -OCH3 is 5. The predicted octanol–water partition coefficient (Wildman–Crippen LogP) is -10.1. The van der Waals surface area contributed by atoms with Crippen LogP contribution in [0.25, 0.3) is 0 Å². The van der Waals surface area contributed by atoms with Crippen LogP contribution in [-0.2, 0) is 72.3 Å². The molecular weight excluding hydrogens is 754 g/mol. The van der Waals surface area contributed by atoms with Gasteiger partial charge in [0.05, 0.1) is 58.2 Å². The minimum absolute atomic E-state index is 0. The monoisotopic (exact) mass is 798 g/mol.